The fraction of sp³-hybridized carbons (Fsp3) is 0.400. The van der Waals surface area contributed by atoms with Crippen LogP contribution >= 0.6 is 34.4 Å². The standard InChI is InChI=1S/C10H14INS/c11-6-7-12-8-9-13-10-4-2-1-3-5-10/h1-5,12H,6-9H2. The summed E-state index contributed by atoms with van der Waals surface area (Å²) in [7, 11) is 0. The molecule has 0 saturated carbocycles. The fourth-order valence-electron chi connectivity index (χ4n) is 0.950. The Labute approximate surface area is 97.8 Å². The number of rotatable bonds is 6. The lowest BCUT2D eigenvalue weighted by molar-refractivity contribution is 0.779. The van der Waals surface area contributed by atoms with E-state index in [1.54, 1.807) is 0 Å². The molecule has 13 heavy (non-hydrogen) atoms. The van der Waals surface area contributed by atoms with Gasteiger partial charge in [0.25, 0.3) is 0 Å². The molecule has 0 fully saturated rings. The van der Waals surface area contributed by atoms with Crippen molar-refractivity contribution in [2.24, 2.45) is 0 Å². The van der Waals surface area contributed by atoms with E-state index in [0.717, 1.165) is 18.8 Å². The lowest BCUT2D eigenvalue weighted by Crippen LogP contribution is -2.19. The zero-order valence-corrected chi connectivity index (χ0v) is 10.5. The van der Waals surface area contributed by atoms with Crippen molar-refractivity contribution in [2.75, 3.05) is 23.3 Å². The Morgan fingerprint density at radius 3 is 2.62 bits per heavy atom. The molecule has 0 aliphatic heterocycles. The first-order valence-electron chi connectivity index (χ1n) is 4.38. The molecule has 0 saturated heterocycles. The molecule has 3 heteroatoms. The molecule has 0 radical (unpaired) electrons. The van der Waals surface area contributed by atoms with E-state index < -0.39 is 0 Å². The average Bonchev–Trinajstić information content (AvgIpc) is 2.19. The quantitative estimate of drug-likeness (QED) is 0.375. The van der Waals surface area contributed by atoms with Gasteiger partial charge in [0.15, 0.2) is 0 Å². The van der Waals surface area contributed by atoms with Crippen LogP contribution in [0.1, 0.15) is 0 Å². The van der Waals surface area contributed by atoms with Crippen molar-refractivity contribution in [1.29, 1.82) is 0 Å². The van der Waals surface area contributed by atoms with E-state index in [2.05, 4.69) is 58.2 Å². The van der Waals surface area contributed by atoms with Crippen LogP contribution in [0, 0.1) is 0 Å². The lowest BCUT2D eigenvalue weighted by Gasteiger charge is -2.02. The molecule has 72 valence electrons. The van der Waals surface area contributed by atoms with E-state index in [1.165, 1.54) is 9.32 Å². The first-order chi connectivity index (χ1) is 6.43. The molecule has 0 aliphatic rings. The van der Waals surface area contributed by atoms with E-state index in [0.29, 0.717) is 0 Å². The van der Waals surface area contributed by atoms with Crippen LogP contribution in [0.4, 0.5) is 0 Å². The summed E-state index contributed by atoms with van der Waals surface area (Å²) in [6.07, 6.45) is 0. The first-order valence-corrected chi connectivity index (χ1v) is 6.89. The molecule has 0 heterocycles. The molecule has 0 bridgehead atoms. The summed E-state index contributed by atoms with van der Waals surface area (Å²) in [4.78, 5) is 1.36. The lowest BCUT2D eigenvalue weighted by atomic mass is 10.4. The van der Waals surface area contributed by atoms with Crippen molar-refractivity contribution in [2.45, 2.75) is 4.90 Å². The molecular weight excluding hydrogens is 293 g/mol. The van der Waals surface area contributed by atoms with Crippen molar-refractivity contribution in [1.82, 2.24) is 5.32 Å². The van der Waals surface area contributed by atoms with Crippen LogP contribution in [-0.2, 0) is 0 Å². The first kappa shape index (κ1) is 11.3. The maximum Gasteiger partial charge on any atom is 0.0121 e. The smallest absolute Gasteiger partial charge is 0.0121 e. The van der Waals surface area contributed by atoms with Gasteiger partial charge in [0.2, 0.25) is 0 Å². The summed E-state index contributed by atoms with van der Waals surface area (Å²) in [5.41, 5.74) is 0. The summed E-state index contributed by atoms with van der Waals surface area (Å²) in [6.45, 7) is 2.22. The Bertz CT molecular complexity index is 215. The maximum absolute atomic E-state index is 3.38. The highest BCUT2D eigenvalue weighted by Crippen LogP contribution is 2.15. The number of hydrogen-bond acceptors (Lipinski definition) is 2. The van der Waals surface area contributed by atoms with Gasteiger partial charge in [-0.3, -0.25) is 0 Å². The molecule has 0 unspecified atom stereocenters. The van der Waals surface area contributed by atoms with Crippen molar-refractivity contribution in [3.8, 4) is 0 Å². The molecule has 0 aromatic heterocycles. The van der Waals surface area contributed by atoms with Crippen LogP contribution in [-0.4, -0.2) is 23.3 Å². The molecule has 0 spiro atoms. The van der Waals surface area contributed by atoms with Crippen LogP contribution in [0.25, 0.3) is 0 Å². The van der Waals surface area contributed by atoms with Gasteiger partial charge in [-0.25, -0.2) is 0 Å². The highest BCUT2D eigenvalue weighted by atomic mass is 127. The Morgan fingerprint density at radius 2 is 1.92 bits per heavy atom. The molecule has 0 aliphatic carbocycles. The minimum Gasteiger partial charge on any atom is -0.315 e. The van der Waals surface area contributed by atoms with Gasteiger partial charge in [0, 0.05) is 28.2 Å². The molecule has 1 nitrogen and oxygen atoms in total. The summed E-state index contributed by atoms with van der Waals surface area (Å²) < 4.78 is 1.19. The van der Waals surface area contributed by atoms with Crippen LogP contribution in [0.15, 0.2) is 35.2 Å². The Balaban J connectivity index is 2.07. The largest absolute Gasteiger partial charge is 0.315 e. The van der Waals surface area contributed by atoms with Crippen molar-refractivity contribution < 1.29 is 0 Å². The monoisotopic (exact) mass is 307 g/mol. The second-order valence-electron chi connectivity index (χ2n) is 2.60. The molecule has 1 aromatic rings. The van der Waals surface area contributed by atoms with Gasteiger partial charge in [-0.1, -0.05) is 40.8 Å². The second kappa shape index (κ2) is 7.64. The summed E-state index contributed by atoms with van der Waals surface area (Å²) in [5.74, 6) is 1.15. The topological polar surface area (TPSA) is 12.0 Å². The van der Waals surface area contributed by atoms with Gasteiger partial charge >= 0.3 is 0 Å². The van der Waals surface area contributed by atoms with Crippen molar-refractivity contribution >= 4 is 34.4 Å². The Morgan fingerprint density at radius 1 is 1.15 bits per heavy atom. The SMILES string of the molecule is ICCNCCSc1ccccc1. The van der Waals surface area contributed by atoms with Crippen LogP contribution < -0.4 is 5.32 Å². The molecule has 0 atom stereocenters. The molecule has 1 aromatic carbocycles. The van der Waals surface area contributed by atoms with Gasteiger partial charge in [-0.15, -0.1) is 11.8 Å². The fourth-order valence-corrected chi connectivity index (χ4v) is 2.16. The third-order valence-electron chi connectivity index (χ3n) is 1.56. The number of hydrogen-bond donors (Lipinski definition) is 1. The number of thioether (sulfide) groups is 1. The maximum atomic E-state index is 3.38. The average molecular weight is 307 g/mol. The molecule has 1 rings (SSSR count). The van der Waals surface area contributed by atoms with Crippen LogP contribution in [0.3, 0.4) is 0 Å². The normalized spacial score (nSPS) is 10.2. The minimum atomic E-state index is 1.10. The van der Waals surface area contributed by atoms with Crippen LogP contribution in [0.5, 0.6) is 0 Å². The highest BCUT2D eigenvalue weighted by molar-refractivity contribution is 14.1. The third kappa shape index (κ3) is 5.54. The van der Waals surface area contributed by atoms with E-state index in [4.69, 9.17) is 0 Å². The van der Waals surface area contributed by atoms with E-state index in [1.807, 2.05) is 11.8 Å². The van der Waals surface area contributed by atoms with Crippen LogP contribution in [0.2, 0.25) is 0 Å². The Kier molecular flexibility index (Phi) is 6.67. The second-order valence-corrected chi connectivity index (χ2v) is 4.85. The summed E-state index contributed by atoms with van der Waals surface area (Å²) in [5, 5.41) is 3.38. The van der Waals surface area contributed by atoms with Crippen molar-refractivity contribution in [3.63, 3.8) is 0 Å². The van der Waals surface area contributed by atoms with E-state index in [-0.39, 0.29) is 0 Å². The number of halogens is 1. The zero-order valence-electron chi connectivity index (χ0n) is 7.50. The summed E-state index contributed by atoms with van der Waals surface area (Å²) >= 11 is 4.29. The molecule has 0 amide bonds. The predicted molar refractivity (Wildman–Crippen MR) is 68.9 cm³/mol. The van der Waals surface area contributed by atoms with Gasteiger partial charge in [-0.05, 0) is 12.1 Å². The Hall–Kier alpha value is 0.260. The number of alkyl halides is 1. The number of benzene rings is 1. The van der Waals surface area contributed by atoms with Gasteiger partial charge in [0.05, 0.1) is 0 Å². The van der Waals surface area contributed by atoms with Gasteiger partial charge in [0.1, 0.15) is 0 Å². The zero-order chi connectivity index (χ0) is 9.36. The van der Waals surface area contributed by atoms with E-state index >= 15 is 0 Å². The third-order valence-corrected chi connectivity index (χ3v) is 3.12. The van der Waals surface area contributed by atoms with Gasteiger partial charge < -0.3 is 5.32 Å². The predicted octanol–water partition coefficient (Wildman–Crippen LogP) is 2.80. The molecule has 1 N–H and O–H groups in total. The highest BCUT2D eigenvalue weighted by Gasteiger charge is 1.91. The van der Waals surface area contributed by atoms with Gasteiger partial charge in [-0.2, -0.15) is 0 Å². The molecular formula is C10H14INS. The van der Waals surface area contributed by atoms with Crippen molar-refractivity contribution in [3.05, 3.63) is 30.3 Å². The van der Waals surface area contributed by atoms with E-state index in [9.17, 15) is 0 Å². The summed E-state index contributed by atoms with van der Waals surface area (Å²) in [6, 6.07) is 10.5. The number of nitrogens with one attached hydrogen (secondary N) is 1. The minimum absolute atomic E-state index is 1.10.